The average Bonchev–Trinajstić information content (AvgIpc) is 3.26. The van der Waals surface area contributed by atoms with Crippen molar-refractivity contribution in [1.29, 1.82) is 0 Å². The van der Waals surface area contributed by atoms with E-state index in [-0.39, 0.29) is 5.91 Å². The molecule has 1 amide bonds. The van der Waals surface area contributed by atoms with Crippen molar-refractivity contribution in [1.82, 2.24) is 14.9 Å². The molecule has 0 unspecified atom stereocenters. The van der Waals surface area contributed by atoms with Gasteiger partial charge < -0.3 is 9.32 Å². The first-order chi connectivity index (χ1) is 11.3. The monoisotopic (exact) mass is 307 g/mol. The number of pyridine rings is 1. The van der Waals surface area contributed by atoms with Gasteiger partial charge in [-0.05, 0) is 42.5 Å². The zero-order valence-electron chi connectivity index (χ0n) is 12.7. The third-order valence-corrected chi connectivity index (χ3v) is 4.41. The van der Waals surface area contributed by atoms with Crippen LogP contribution in [0.2, 0.25) is 0 Å². The van der Waals surface area contributed by atoms with Crippen molar-refractivity contribution >= 4 is 16.8 Å². The van der Waals surface area contributed by atoms with Gasteiger partial charge in [0.15, 0.2) is 6.39 Å². The van der Waals surface area contributed by atoms with Crippen LogP contribution < -0.4 is 0 Å². The van der Waals surface area contributed by atoms with Crippen LogP contribution in [0.15, 0.2) is 53.5 Å². The zero-order valence-corrected chi connectivity index (χ0v) is 12.7. The number of aromatic nitrogens is 2. The van der Waals surface area contributed by atoms with Crippen molar-refractivity contribution in [3.05, 3.63) is 60.4 Å². The lowest BCUT2D eigenvalue weighted by atomic mass is 9.97. The molecule has 3 heterocycles. The van der Waals surface area contributed by atoms with E-state index in [1.165, 1.54) is 18.2 Å². The topological polar surface area (TPSA) is 59.2 Å². The molecular formula is C18H17N3O2. The van der Waals surface area contributed by atoms with Gasteiger partial charge in [0.25, 0.3) is 5.91 Å². The molecule has 0 saturated carbocycles. The fourth-order valence-corrected chi connectivity index (χ4v) is 3.25. The SMILES string of the molecule is O=C(c1cnco1)N1CC[C@H](Cc2ccc3ncccc3c2)C1. The highest BCUT2D eigenvalue weighted by Crippen LogP contribution is 2.24. The molecule has 0 radical (unpaired) electrons. The van der Waals surface area contributed by atoms with Gasteiger partial charge in [-0.3, -0.25) is 9.78 Å². The minimum absolute atomic E-state index is 0.0623. The number of benzene rings is 1. The van der Waals surface area contributed by atoms with Gasteiger partial charge in [0, 0.05) is 24.7 Å². The Bertz CT molecular complexity index is 829. The Balaban J connectivity index is 1.44. The zero-order chi connectivity index (χ0) is 15.6. The van der Waals surface area contributed by atoms with E-state index in [2.05, 4.69) is 34.2 Å². The third-order valence-electron chi connectivity index (χ3n) is 4.41. The molecule has 116 valence electrons. The highest BCUT2D eigenvalue weighted by molar-refractivity contribution is 5.91. The number of oxazole rings is 1. The smallest absolute Gasteiger partial charge is 0.291 e. The summed E-state index contributed by atoms with van der Waals surface area (Å²) in [6, 6.07) is 10.4. The summed E-state index contributed by atoms with van der Waals surface area (Å²) in [4.78, 5) is 22.3. The van der Waals surface area contributed by atoms with Gasteiger partial charge in [-0.1, -0.05) is 12.1 Å². The molecule has 4 rings (SSSR count). The van der Waals surface area contributed by atoms with Crippen LogP contribution in [-0.2, 0) is 6.42 Å². The molecule has 1 fully saturated rings. The second-order valence-corrected chi connectivity index (χ2v) is 6.01. The van der Waals surface area contributed by atoms with Crippen molar-refractivity contribution in [2.75, 3.05) is 13.1 Å². The summed E-state index contributed by atoms with van der Waals surface area (Å²) in [6.07, 6.45) is 6.58. The van der Waals surface area contributed by atoms with Gasteiger partial charge in [-0.15, -0.1) is 0 Å². The lowest BCUT2D eigenvalue weighted by Gasteiger charge is -2.15. The van der Waals surface area contributed by atoms with E-state index in [0.717, 1.165) is 36.8 Å². The fraction of sp³-hybridized carbons (Fsp3) is 0.278. The predicted octanol–water partition coefficient (Wildman–Crippen LogP) is 2.93. The van der Waals surface area contributed by atoms with Gasteiger partial charge in [0.2, 0.25) is 5.76 Å². The van der Waals surface area contributed by atoms with Gasteiger partial charge in [-0.25, -0.2) is 4.98 Å². The number of nitrogens with zero attached hydrogens (tertiary/aromatic N) is 3. The molecule has 1 aliphatic rings. The minimum Gasteiger partial charge on any atom is -0.438 e. The maximum absolute atomic E-state index is 12.3. The summed E-state index contributed by atoms with van der Waals surface area (Å²) in [5, 5.41) is 1.16. The van der Waals surface area contributed by atoms with Crippen LogP contribution in [0.25, 0.3) is 10.9 Å². The lowest BCUT2D eigenvalue weighted by Crippen LogP contribution is -2.28. The first-order valence-corrected chi connectivity index (χ1v) is 7.81. The number of rotatable bonds is 3. The molecule has 23 heavy (non-hydrogen) atoms. The number of hydrogen-bond donors (Lipinski definition) is 0. The standard InChI is InChI=1S/C18H17N3O2/c22-18(17-10-19-12-23-17)21-7-5-14(11-21)8-13-3-4-16-15(9-13)2-1-6-20-16/h1-4,6,9-10,12,14H,5,7-8,11H2/t14-/m1/s1. The quantitative estimate of drug-likeness (QED) is 0.746. The van der Waals surface area contributed by atoms with Gasteiger partial charge in [0.05, 0.1) is 11.7 Å². The molecular weight excluding hydrogens is 290 g/mol. The molecule has 0 aliphatic carbocycles. The van der Waals surface area contributed by atoms with E-state index in [0.29, 0.717) is 11.7 Å². The predicted molar refractivity (Wildman–Crippen MR) is 86.0 cm³/mol. The number of fused-ring (bicyclic) bond motifs is 1. The van der Waals surface area contributed by atoms with Gasteiger partial charge in [-0.2, -0.15) is 0 Å². The Kier molecular flexibility index (Phi) is 3.54. The first kappa shape index (κ1) is 13.9. The number of carbonyl (C=O) groups excluding carboxylic acids is 1. The van der Waals surface area contributed by atoms with Crippen molar-refractivity contribution in [3.63, 3.8) is 0 Å². The van der Waals surface area contributed by atoms with Crippen LogP contribution in [0, 0.1) is 5.92 Å². The van der Waals surface area contributed by atoms with Gasteiger partial charge >= 0.3 is 0 Å². The Morgan fingerprint density at radius 1 is 1.35 bits per heavy atom. The molecule has 0 spiro atoms. The second-order valence-electron chi connectivity index (χ2n) is 6.01. The highest BCUT2D eigenvalue weighted by Gasteiger charge is 2.28. The van der Waals surface area contributed by atoms with E-state index >= 15 is 0 Å². The number of carbonyl (C=O) groups is 1. The Morgan fingerprint density at radius 3 is 3.17 bits per heavy atom. The molecule has 1 aliphatic heterocycles. The Morgan fingerprint density at radius 2 is 2.30 bits per heavy atom. The van der Waals surface area contributed by atoms with Crippen molar-refractivity contribution in [2.24, 2.45) is 5.92 Å². The number of likely N-dealkylation sites (tertiary alicyclic amines) is 1. The highest BCUT2D eigenvalue weighted by atomic mass is 16.3. The van der Waals surface area contributed by atoms with Crippen molar-refractivity contribution in [2.45, 2.75) is 12.8 Å². The summed E-state index contributed by atoms with van der Waals surface area (Å²) in [7, 11) is 0. The van der Waals surface area contributed by atoms with E-state index in [1.54, 1.807) is 0 Å². The molecule has 0 bridgehead atoms. The van der Waals surface area contributed by atoms with Crippen molar-refractivity contribution in [3.8, 4) is 0 Å². The molecule has 1 atom stereocenters. The molecule has 1 saturated heterocycles. The van der Waals surface area contributed by atoms with Crippen LogP contribution in [0.5, 0.6) is 0 Å². The summed E-state index contributed by atoms with van der Waals surface area (Å²) < 4.78 is 5.10. The van der Waals surface area contributed by atoms with E-state index < -0.39 is 0 Å². The Labute approximate surface area is 134 Å². The maximum atomic E-state index is 12.3. The van der Waals surface area contributed by atoms with Gasteiger partial charge in [0.1, 0.15) is 0 Å². The fourth-order valence-electron chi connectivity index (χ4n) is 3.25. The number of hydrogen-bond acceptors (Lipinski definition) is 4. The molecule has 0 N–H and O–H groups in total. The Hall–Kier alpha value is -2.69. The van der Waals surface area contributed by atoms with E-state index in [4.69, 9.17) is 4.42 Å². The normalized spacial score (nSPS) is 17.7. The molecule has 5 heteroatoms. The van der Waals surface area contributed by atoms with Crippen LogP contribution in [0.1, 0.15) is 22.5 Å². The second kappa shape index (κ2) is 5.83. The van der Waals surface area contributed by atoms with Crippen LogP contribution in [-0.4, -0.2) is 33.9 Å². The molecule has 1 aromatic carbocycles. The van der Waals surface area contributed by atoms with E-state index in [1.807, 2.05) is 17.2 Å². The van der Waals surface area contributed by atoms with Crippen LogP contribution in [0.3, 0.4) is 0 Å². The summed E-state index contributed by atoms with van der Waals surface area (Å²) in [5.74, 6) is 0.742. The summed E-state index contributed by atoms with van der Waals surface area (Å²) >= 11 is 0. The summed E-state index contributed by atoms with van der Waals surface area (Å²) in [5.41, 5.74) is 2.31. The van der Waals surface area contributed by atoms with Crippen LogP contribution >= 0.6 is 0 Å². The molecule has 2 aromatic heterocycles. The maximum Gasteiger partial charge on any atom is 0.291 e. The average molecular weight is 307 g/mol. The van der Waals surface area contributed by atoms with Crippen LogP contribution in [0.4, 0.5) is 0 Å². The third kappa shape index (κ3) is 2.82. The molecule has 3 aromatic rings. The largest absolute Gasteiger partial charge is 0.438 e. The minimum atomic E-state index is -0.0623. The summed E-state index contributed by atoms with van der Waals surface area (Å²) in [6.45, 7) is 1.55. The van der Waals surface area contributed by atoms with Crippen molar-refractivity contribution < 1.29 is 9.21 Å². The van der Waals surface area contributed by atoms with E-state index in [9.17, 15) is 4.79 Å². The first-order valence-electron chi connectivity index (χ1n) is 7.81. The number of amides is 1. The lowest BCUT2D eigenvalue weighted by molar-refractivity contribution is 0.0755. The molecule has 5 nitrogen and oxygen atoms in total.